The third kappa shape index (κ3) is 4.97. The van der Waals surface area contributed by atoms with Crippen molar-refractivity contribution in [1.29, 1.82) is 0 Å². The number of thiophene rings is 1. The maximum Gasteiger partial charge on any atom is 0.271 e. The van der Waals surface area contributed by atoms with E-state index in [1.54, 1.807) is 25.1 Å². The second-order valence-corrected chi connectivity index (χ2v) is 10.4. The largest absolute Gasteiger partial charge is 0.354 e. The van der Waals surface area contributed by atoms with Crippen molar-refractivity contribution in [2.24, 2.45) is 5.92 Å². The Morgan fingerprint density at radius 3 is 2.77 bits per heavy atom. The van der Waals surface area contributed by atoms with Crippen LogP contribution in [0, 0.1) is 18.7 Å². The van der Waals surface area contributed by atoms with Gasteiger partial charge in [0.25, 0.3) is 10.0 Å². The number of nitrogens with zero attached hydrogens (tertiary/aromatic N) is 1. The normalized spacial score (nSPS) is 14.2. The summed E-state index contributed by atoms with van der Waals surface area (Å²) in [5.74, 6) is -0.207. The Morgan fingerprint density at radius 2 is 2.06 bits per heavy atom. The second-order valence-electron chi connectivity index (χ2n) is 6.99. The molecule has 0 unspecified atom stereocenters. The lowest BCUT2D eigenvalue weighted by atomic mass is 10.2. The minimum Gasteiger partial charge on any atom is -0.354 e. The molecule has 11 heteroatoms. The number of amides is 1. The lowest BCUT2D eigenvalue weighted by Gasteiger charge is -2.07. The van der Waals surface area contributed by atoms with Crippen LogP contribution in [0.15, 0.2) is 39.1 Å². The minimum absolute atomic E-state index is 0.0401. The summed E-state index contributed by atoms with van der Waals surface area (Å²) in [7, 11) is -3.90. The molecule has 0 saturated heterocycles. The molecule has 3 aromatic rings. The Kier molecular flexibility index (Phi) is 5.87. The predicted molar refractivity (Wildman–Crippen MR) is 118 cm³/mol. The van der Waals surface area contributed by atoms with Crippen LogP contribution in [0.2, 0.25) is 5.02 Å². The number of nitrogens with one attached hydrogen (secondary N) is 2. The van der Waals surface area contributed by atoms with Gasteiger partial charge in [0.2, 0.25) is 5.91 Å². The number of hydrogen-bond acceptors (Lipinski definition) is 6. The summed E-state index contributed by atoms with van der Waals surface area (Å²) >= 11 is 6.93. The number of carbonyl (C=O) groups is 1. The molecule has 0 atom stereocenters. The molecule has 1 fully saturated rings. The zero-order valence-electron chi connectivity index (χ0n) is 16.2. The molecule has 0 spiro atoms. The van der Waals surface area contributed by atoms with Crippen molar-refractivity contribution in [2.45, 2.75) is 24.0 Å². The summed E-state index contributed by atoms with van der Waals surface area (Å²) in [5, 5.41) is 6.68. The Hall–Kier alpha value is -2.69. The van der Waals surface area contributed by atoms with E-state index in [1.165, 1.54) is 12.1 Å². The number of halogens is 2. The van der Waals surface area contributed by atoms with Crippen molar-refractivity contribution in [3.63, 3.8) is 0 Å². The van der Waals surface area contributed by atoms with Gasteiger partial charge in [0.05, 0.1) is 10.7 Å². The molecule has 2 aromatic heterocycles. The molecule has 0 aliphatic heterocycles. The minimum atomic E-state index is -3.90. The molecular weight excluding hydrogens is 465 g/mol. The van der Waals surface area contributed by atoms with Crippen LogP contribution in [0.4, 0.5) is 15.8 Å². The fourth-order valence-corrected chi connectivity index (χ4v) is 5.30. The van der Waals surface area contributed by atoms with Gasteiger partial charge in [0.1, 0.15) is 21.4 Å². The molecule has 1 aliphatic carbocycles. The molecule has 1 aliphatic rings. The maximum atomic E-state index is 13.2. The molecule has 1 amide bonds. The number of aryl methyl sites for hydroxylation is 1. The number of benzene rings is 1. The van der Waals surface area contributed by atoms with Gasteiger partial charge in [-0.15, -0.1) is 11.3 Å². The molecule has 1 aromatic carbocycles. The molecule has 7 nitrogen and oxygen atoms in total. The van der Waals surface area contributed by atoms with Crippen LogP contribution in [-0.2, 0) is 14.8 Å². The molecule has 162 valence electrons. The highest BCUT2D eigenvalue weighted by Crippen LogP contribution is 2.33. The van der Waals surface area contributed by atoms with E-state index in [1.807, 2.05) is 0 Å². The van der Waals surface area contributed by atoms with Crippen molar-refractivity contribution in [1.82, 2.24) is 5.16 Å². The first-order chi connectivity index (χ1) is 14.7. The predicted octanol–water partition coefficient (Wildman–Crippen LogP) is 5.16. The third-order valence-corrected chi connectivity index (χ3v) is 7.75. The van der Waals surface area contributed by atoms with Gasteiger partial charge in [-0.05, 0) is 62.2 Å². The summed E-state index contributed by atoms with van der Waals surface area (Å²) in [5.41, 5.74) is 1.15. The zero-order chi connectivity index (χ0) is 22.2. The molecule has 0 radical (unpaired) electrons. The van der Waals surface area contributed by atoms with Crippen molar-refractivity contribution < 1.29 is 22.1 Å². The van der Waals surface area contributed by atoms with E-state index < -0.39 is 15.8 Å². The van der Waals surface area contributed by atoms with Gasteiger partial charge < -0.3 is 9.84 Å². The Balaban J connectivity index is 1.50. The number of aromatic nitrogens is 1. The van der Waals surface area contributed by atoms with E-state index in [9.17, 15) is 17.6 Å². The Labute approximate surface area is 187 Å². The van der Waals surface area contributed by atoms with Crippen molar-refractivity contribution >= 4 is 62.4 Å². The average Bonchev–Trinajstić information content (AvgIpc) is 3.36. The van der Waals surface area contributed by atoms with E-state index in [-0.39, 0.29) is 26.7 Å². The summed E-state index contributed by atoms with van der Waals surface area (Å²) in [4.78, 5) is 12.7. The van der Waals surface area contributed by atoms with Crippen molar-refractivity contribution in [2.75, 3.05) is 10.0 Å². The van der Waals surface area contributed by atoms with Crippen LogP contribution in [0.3, 0.4) is 0 Å². The monoisotopic (exact) mass is 481 g/mol. The van der Waals surface area contributed by atoms with Crippen LogP contribution in [-0.4, -0.2) is 19.5 Å². The third-order valence-electron chi connectivity index (χ3n) is 4.53. The van der Waals surface area contributed by atoms with Crippen molar-refractivity contribution in [3.8, 4) is 0 Å². The van der Waals surface area contributed by atoms with Gasteiger partial charge in [0, 0.05) is 10.8 Å². The zero-order valence-corrected chi connectivity index (χ0v) is 18.6. The highest BCUT2D eigenvalue weighted by Gasteiger charge is 2.30. The topological polar surface area (TPSA) is 101 Å². The SMILES string of the molecule is Cc1noc(C=Cc2ccc(S(=O)(=O)Nc3ccc(F)cc3Cl)s2)c1NC(=O)C1CC1. The van der Waals surface area contributed by atoms with Crippen LogP contribution >= 0.6 is 22.9 Å². The fourth-order valence-electron chi connectivity index (χ4n) is 2.72. The summed E-state index contributed by atoms with van der Waals surface area (Å²) in [6.07, 6.45) is 5.05. The van der Waals surface area contributed by atoms with Crippen molar-refractivity contribution in [3.05, 3.63) is 57.5 Å². The summed E-state index contributed by atoms with van der Waals surface area (Å²) < 4.78 is 46.1. The highest BCUT2D eigenvalue weighted by molar-refractivity contribution is 7.94. The quantitative estimate of drug-likeness (QED) is 0.485. The molecule has 4 rings (SSSR count). The maximum absolute atomic E-state index is 13.2. The molecule has 31 heavy (non-hydrogen) atoms. The lowest BCUT2D eigenvalue weighted by molar-refractivity contribution is -0.117. The van der Waals surface area contributed by atoms with Crippen LogP contribution in [0.25, 0.3) is 12.2 Å². The molecule has 2 N–H and O–H groups in total. The number of hydrogen-bond donors (Lipinski definition) is 2. The van der Waals surface area contributed by atoms with E-state index in [0.717, 1.165) is 36.3 Å². The van der Waals surface area contributed by atoms with Gasteiger partial charge in [-0.2, -0.15) is 0 Å². The second kappa shape index (κ2) is 8.45. The first kappa shape index (κ1) is 21.5. The van der Waals surface area contributed by atoms with E-state index >= 15 is 0 Å². The highest BCUT2D eigenvalue weighted by atomic mass is 35.5. The summed E-state index contributed by atoms with van der Waals surface area (Å²) in [6, 6.07) is 6.48. The Bertz CT molecular complexity index is 1280. The number of anilines is 2. The lowest BCUT2D eigenvalue weighted by Crippen LogP contribution is -2.14. The molecular formula is C20H17ClFN3O4S2. The van der Waals surface area contributed by atoms with E-state index in [2.05, 4.69) is 15.2 Å². The number of sulfonamides is 1. The number of rotatable bonds is 7. The molecule has 2 heterocycles. The molecule has 0 bridgehead atoms. The van der Waals surface area contributed by atoms with Gasteiger partial charge in [-0.1, -0.05) is 16.8 Å². The van der Waals surface area contributed by atoms with Gasteiger partial charge in [-0.25, -0.2) is 12.8 Å². The van der Waals surface area contributed by atoms with Gasteiger partial charge in [-0.3, -0.25) is 9.52 Å². The summed E-state index contributed by atoms with van der Waals surface area (Å²) in [6.45, 7) is 1.73. The van der Waals surface area contributed by atoms with Crippen LogP contribution < -0.4 is 10.0 Å². The fraction of sp³-hybridized carbons (Fsp3) is 0.200. The standard InChI is InChI=1S/C20H17ClFN3O4S2/c1-11-19(23-20(26)12-2-3-12)17(29-24-11)8-5-14-6-9-18(30-14)31(27,28)25-16-7-4-13(22)10-15(16)21/h4-10,12,25H,2-3H2,1H3,(H,23,26). The van der Waals surface area contributed by atoms with Gasteiger partial charge >= 0.3 is 0 Å². The first-order valence-electron chi connectivity index (χ1n) is 9.26. The van der Waals surface area contributed by atoms with E-state index in [0.29, 0.717) is 22.0 Å². The van der Waals surface area contributed by atoms with Gasteiger partial charge in [0.15, 0.2) is 5.76 Å². The first-order valence-corrected chi connectivity index (χ1v) is 11.9. The average molecular weight is 482 g/mol. The number of carbonyl (C=O) groups excluding carboxylic acids is 1. The smallest absolute Gasteiger partial charge is 0.271 e. The van der Waals surface area contributed by atoms with Crippen LogP contribution in [0.1, 0.15) is 29.2 Å². The molecule has 1 saturated carbocycles. The van der Waals surface area contributed by atoms with Crippen LogP contribution in [0.5, 0.6) is 0 Å². The Morgan fingerprint density at radius 1 is 1.29 bits per heavy atom. The van der Waals surface area contributed by atoms with E-state index in [4.69, 9.17) is 16.1 Å².